The van der Waals surface area contributed by atoms with E-state index in [1.807, 2.05) is 6.92 Å². The van der Waals surface area contributed by atoms with Gasteiger partial charge in [0.25, 0.3) is 0 Å². The standard InChI is InChI=1S/C7H11N3O2S/c1-2-5(3-6(11)12)9-7-10-8-4-13-7/h4-5H,2-3H2,1H3,(H,9,10)(H,11,12). The SMILES string of the molecule is CCC(CC(=O)O)Nc1nncs1. The van der Waals surface area contributed by atoms with E-state index in [9.17, 15) is 4.79 Å². The number of nitrogens with one attached hydrogen (secondary N) is 1. The zero-order valence-corrected chi connectivity index (χ0v) is 8.04. The highest BCUT2D eigenvalue weighted by Crippen LogP contribution is 2.12. The van der Waals surface area contributed by atoms with Crippen molar-refractivity contribution in [1.82, 2.24) is 10.2 Å². The summed E-state index contributed by atoms with van der Waals surface area (Å²) in [5.74, 6) is -0.802. The average molecular weight is 201 g/mol. The molecule has 1 rings (SSSR count). The van der Waals surface area contributed by atoms with E-state index < -0.39 is 5.97 Å². The normalized spacial score (nSPS) is 12.4. The molecule has 2 N–H and O–H groups in total. The fourth-order valence-electron chi connectivity index (χ4n) is 0.919. The monoisotopic (exact) mass is 201 g/mol. The molecule has 0 spiro atoms. The minimum absolute atomic E-state index is 0.0644. The number of carbonyl (C=O) groups is 1. The fourth-order valence-corrected chi connectivity index (χ4v) is 1.44. The summed E-state index contributed by atoms with van der Waals surface area (Å²) in [6.07, 6.45) is 0.863. The second-order valence-electron chi connectivity index (χ2n) is 2.59. The maximum absolute atomic E-state index is 10.4. The highest BCUT2D eigenvalue weighted by Gasteiger charge is 2.11. The number of aliphatic carboxylic acids is 1. The summed E-state index contributed by atoms with van der Waals surface area (Å²) in [5, 5.41) is 19.7. The topological polar surface area (TPSA) is 75.1 Å². The lowest BCUT2D eigenvalue weighted by atomic mass is 10.1. The Morgan fingerprint density at radius 1 is 1.85 bits per heavy atom. The molecule has 0 saturated carbocycles. The van der Waals surface area contributed by atoms with Gasteiger partial charge in [-0.1, -0.05) is 18.3 Å². The van der Waals surface area contributed by atoms with Gasteiger partial charge in [-0.2, -0.15) is 0 Å². The van der Waals surface area contributed by atoms with Crippen LogP contribution in [-0.4, -0.2) is 27.3 Å². The predicted molar refractivity (Wildman–Crippen MR) is 49.9 cm³/mol. The van der Waals surface area contributed by atoms with Crippen LogP contribution in [0, 0.1) is 0 Å². The number of hydrogen-bond donors (Lipinski definition) is 2. The zero-order chi connectivity index (χ0) is 9.68. The Bertz CT molecular complexity index is 263. The van der Waals surface area contributed by atoms with Gasteiger partial charge in [0.15, 0.2) is 0 Å². The molecule has 0 radical (unpaired) electrons. The van der Waals surface area contributed by atoms with Crippen LogP contribution in [0.25, 0.3) is 0 Å². The fraction of sp³-hybridized carbons (Fsp3) is 0.571. The molecule has 13 heavy (non-hydrogen) atoms. The minimum atomic E-state index is -0.802. The molecular weight excluding hydrogens is 190 g/mol. The predicted octanol–water partition coefficient (Wildman–Crippen LogP) is 1.20. The zero-order valence-electron chi connectivity index (χ0n) is 7.23. The highest BCUT2D eigenvalue weighted by molar-refractivity contribution is 7.13. The largest absolute Gasteiger partial charge is 0.481 e. The Morgan fingerprint density at radius 3 is 3.08 bits per heavy atom. The first-order chi connectivity index (χ1) is 6.22. The lowest BCUT2D eigenvalue weighted by Gasteiger charge is -2.12. The van der Waals surface area contributed by atoms with Gasteiger partial charge in [-0.15, -0.1) is 10.2 Å². The Labute approximate surface area is 79.8 Å². The van der Waals surface area contributed by atoms with Gasteiger partial charge in [-0.05, 0) is 6.42 Å². The summed E-state index contributed by atoms with van der Waals surface area (Å²) >= 11 is 1.37. The van der Waals surface area contributed by atoms with Crippen LogP contribution in [0.1, 0.15) is 19.8 Å². The number of rotatable bonds is 5. The molecule has 6 heteroatoms. The van der Waals surface area contributed by atoms with Crippen LogP contribution in [0.5, 0.6) is 0 Å². The number of carboxylic acid groups (broad SMARTS) is 1. The number of anilines is 1. The van der Waals surface area contributed by atoms with Crippen molar-refractivity contribution in [2.24, 2.45) is 0 Å². The van der Waals surface area contributed by atoms with Gasteiger partial charge in [0, 0.05) is 6.04 Å². The molecule has 0 aliphatic heterocycles. The van der Waals surface area contributed by atoms with E-state index in [0.29, 0.717) is 5.13 Å². The van der Waals surface area contributed by atoms with E-state index in [2.05, 4.69) is 15.5 Å². The molecule has 0 saturated heterocycles. The van der Waals surface area contributed by atoms with Crippen molar-refractivity contribution in [1.29, 1.82) is 0 Å². The molecule has 0 bridgehead atoms. The molecule has 1 unspecified atom stereocenters. The van der Waals surface area contributed by atoms with Crippen molar-refractivity contribution in [3.8, 4) is 0 Å². The van der Waals surface area contributed by atoms with Gasteiger partial charge in [-0.25, -0.2) is 0 Å². The van der Waals surface area contributed by atoms with Gasteiger partial charge in [-0.3, -0.25) is 4.79 Å². The molecule has 1 heterocycles. The van der Waals surface area contributed by atoms with Gasteiger partial charge in [0.2, 0.25) is 5.13 Å². The minimum Gasteiger partial charge on any atom is -0.481 e. The molecular formula is C7H11N3O2S. The van der Waals surface area contributed by atoms with E-state index >= 15 is 0 Å². The maximum atomic E-state index is 10.4. The van der Waals surface area contributed by atoms with Crippen molar-refractivity contribution in [2.75, 3.05) is 5.32 Å². The van der Waals surface area contributed by atoms with E-state index in [0.717, 1.165) is 6.42 Å². The Hall–Kier alpha value is -1.17. The summed E-state index contributed by atoms with van der Waals surface area (Å²) in [7, 11) is 0. The molecule has 5 nitrogen and oxygen atoms in total. The molecule has 0 fully saturated rings. The van der Waals surface area contributed by atoms with Crippen molar-refractivity contribution < 1.29 is 9.90 Å². The first-order valence-electron chi connectivity index (χ1n) is 3.97. The van der Waals surface area contributed by atoms with Gasteiger partial charge in [0.1, 0.15) is 5.51 Å². The number of hydrogen-bond acceptors (Lipinski definition) is 5. The summed E-state index contributed by atoms with van der Waals surface area (Å²) in [6, 6.07) is -0.0644. The van der Waals surface area contributed by atoms with Crippen LogP contribution in [0.4, 0.5) is 5.13 Å². The number of carboxylic acids is 1. The van der Waals surface area contributed by atoms with Crippen LogP contribution in [0.2, 0.25) is 0 Å². The molecule has 0 aliphatic carbocycles. The third-order valence-electron chi connectivity index (χ3n) is 1.60. The first-order valence-corrected chi connectivity index (χ1v) is 4.84. The third-order valence-corrected chi connectivity index (χ3v) is 2.22. The summed E-state index contributed by atoms with van der Waals surface area (Å²) < 4.78 is 0. The van der Waals surface area contributed by atoms with E-state index in [4.69, 9.17) is 5.11 Å². The first kappa shape index (κ1) is 9.91. The lowest BCUT2D eigenvalue weighted by molar-refractivity contribution is -0.137. The smallest absolute Gasteiger partial charge is 0.305 e. The van der Waals surface area contributed by atoms with Crippen molar-refractivity contribution in [3.05, 3.63) is 5.51 Å². The second-order valence-corrected chi connectivity index (χ2v) is 3.42. The van der Waals surface area contributed by atoms with Gasteiger partial charge >= 0.3 is 5.97 Å². The maximum Gasteiger partial charge on any atom is 0.305 e. The van der Waals surface area contributed by atoms with Crippen molar-refractivity contribution in [3.63, 3.8) is 0 Å². The van der Waals surface area contributed by atoms with Crippen LogP contribution in [0.15, 0.2) is 5.51 Å². The summed E-state index contributed by atoms with van der Waals surface area (Å²) in [6.45, 7) is 1.93. The van der Waals surface area contributed by atoms with E-state index in [1.54, 1.807) is 5.51 Å². The van der Waals surface area contributed by atoms with Gasteiger partial charge < -0.3 is 10.4 Å². The Kier molecular flexibility index (Phi) is 3.63. The average Bonchev–Trinajstić information content (AvgIpc) is 2.55. The molecule has 1 aromatic heterocycles. The van der Waals surface area contributed by atoms with Crippen LogP contribution < -0.4 is 5.32 Å². The van der Waals surface area contributed by atoms with Crippen molar-refractivity contribution >= 4 is 22.4 Å². The summed E-state index contributed by atoms with van der Waals surface area (Å²) in [4.78, 5) is 10.4. The van der Waals surface area contributed by atoms with E-state index in [1.165, 1.54) is 11.3 Å². The van der Waals surface area contributed by atoms with Gasteiger partial charge in [0.05, 0.1) is 6.42 Å². The molecule has 0 aromatic carbocycles. The number of aromatic nitrogens is 2. The third kappa shape index (κ3) is 3.37. The second kappa shape index (κ2) is 4.76. The quantitative estimate of drug-likeness (QED) is 0.748. The lowest BCUT2D eigenvalue weighted by Crippen LogP contribution is -2.22. The molecule has 0 amide bonds. The molecule has 1 aromatic rings. The van der Waals surface area contributed by atoms with Crippen molar-refractivity contribution in [2.45, 2.75) is 25.8 Å². The molecule has 1 atom stereocenters. The molecule has 0 aliphatic rings. The van der Waals surface area contributed by atoms with E-state index in [-0.39, 0.29) is 12.5 Å². The number of nitrogens with zero attached hydrogens (tertiary/aromatic N) is 2. The molecule has 72 valence electrons. The Balaban J connectivity index is 2.45. The van der Waals surface area contributed by atoms with Crippen LogP contribution >= 0.6 is 11.3 Å². The Morgan fingerprint density at radius 2 is 2.62 bits per heavy atom. The van der Waals surface area contributed by atoms with Crippen LogP contribution in [-0.2, 0) is 4.79 Å². The highest BCUT2D eigenvalue weighted by atomic mass is 32.1. The summed E-state index contributed by atoms with van der Waals surface area (Å²) in [5.41, 5.74) is 1.61. The van der Waals surface area contributed by atoms with Crippen LogP contribution in [0.3, 0.4) is 0 Å².